The lowest BCUT2D eigenvalue weighted by Gasteiger charge is -2.03. The van der Waals surface area contributed by atoms with Gasteiger partial charge < -0.3 is 9.84 Å². The average Bonchev–Trinajstić information content (AvgIpc) is 3.05. The molecule has 25 heavy (non-hydrogen) atoms. The number of thiazole rings is 1. The van der Waals surface area contributed by atoms with Gasteiger partial charge in [-0.1, -0.05) is 24.3 Å². The van der Waals surface area contributed by atoms with E-state index in [4.69, 9.17) is 0 Å². The summed E-state index contributed by atoms with van der Waals surface area (Å²) < 4.78 is 5.68. The second-order valence-electron chi connectivity index (χ2n) is 5.34. The zero-order chi connectivity index (χ0) is 17.8. The van der Waals surface area contributed by atoms with E-state index in [1.807, 2.05) is 24.3 Å². The number of carbonyl (C=O) groups is 2. The first-order valence-electron chi connectivity index (χ1n) is 7.53. The van der Waals surface area contributed by atoms with Gasteiger partial charge >= 0.3 is 11.9 Å². The summed E-state index contributed by atoms with van der Waals surface area (Å²) in [4.78, 5) is 27.3. The lowest BCUT2D eigenvalue weighted by Crippen LogP contribution is -2.00. The third-order valence-corrected chi connectivity index (χ3v) is 4.69. The summed E-state index contributed by atoms with van der Waals surface area (Å²) in [5.41, 5.74) is 2.71. The maximum Gasteiger partial charge on any atom is 0.337 e. The van der Waals surface area contributed by atoms with Crippen molar-refractivity contribution in [1.29, 1.82) is 0 Å². The maximum absolute atomic E-state index is 11.5. The number of carboxylic acids is 1. The maximum atomic E-state index is 11.5. The molecular formula is C19H15NO4S. The third-order valence-electron chi connectivity index (χ3n) is 3.58. The van der Waals surface area contributed by atoms with Crippen LogP contribution < -0.4 is 0 Å². The van der Waals surface area contributed by atoms with Gasteiger partial charge in [0, 0.05) is 0 Å². The van der Waals surface area contributed by atoms with Crippen LogP contribution in [0, 0.1) is 0 Å². The van der Waals surface area contributed by atoms with Gasteiger partial charge in [0.1, 0.15) is 5.01 Å². The number of esters is 1. The van der Waals surface area contributed by atoms with Crippen LogP contribution in [0.3, 0.4) is 0 Å². The molecule has 0 saturated carbocycles. The monoisotopic (exact) mass is 353 g/mol. The minimum atomic E-state index is -0.920. The van der Waals surface area contributed by atoms with Crippen molar-refractivity contribution in [2.24, 2.45) is 0 Å². The molecule has 126 valence electrons. The van der Waals surface area contributed by atoms with Gasteiger partial charge in [-0.2, -0.15) is 0 Å². The normalized spacial score (nSPS) is 11.5. The molecule has 5 nitrogen and oxygen atoms in total. The Balaban J connectivity index is 1.98. The van der Waals surface area contributed by atoms with Crippen molar-refractivity contribution < 1.29 is 19.4 Å². The first-order valence-corrected chi connectivity index (χ1v) is 8.35. The fraction of sp³-hybridized carbons (Fsp3) is 0.105. The summed E-state index contributed by atoms with van der Waals surface area (Å²) in [6.07, 6.45) is 1.66. The number of hydrogen-bond donors (Lipinski definition) is 1. The van der Waals surface area contributed by atoms with Gasteiger partial charge in [-0.3, -0.25) is 4.79 Å². The number of nitrogens with zero attached hydrogens (tertiary/aromatic N) is 1. The quantitative estimate of drug-likeness (QED) is 0.699. The van der Waals surface area contributed by atoms with Crippen LogP contribution in [-0.4, -0.2) is 29.1 Å². The molecule has 2 aromatic carbocycles. The molecule has 1 aromatic heterocycles. The van der Waals surface area contributed by atoms with Crippen molar-refractivity contribution in [3.63, 3.8) is 0 Å². The average molecular weight is 353 g/mol. The highest BCUT2D eigenvalue weighted by Gasteiger charge is 2.13. The number of aliphatic carboxylic acids is 1. The topological polar surface area (TPSA) is 76.5 Å². The van der Waals surface area contributed by atoms with Gasteiger partial charge in [-0.25, -0.2) is 9.78 Å². The number of hydrogen-bond acceptors (Lipinski definition) is 5. The molecule has 0 saturated heterocycles. The number of benzene rings is 2. The van der Waals surface area contributed by atoms with E-state index in [2.05, 4.69) is 9.72 Å². The largest absolute Gasteiger partial charge is 0.481 e. The molecule has 0 atom stereocenters. The van der Waals surface area contributed by atoms with E-state index in [0.29, 0.717) is 16.1 Å². The molecular weight excluding hydrogens is 338 g/mol. The predicted molar refractivity (Wildman–Crippen MR) is 97.5 cm³/mol. The zero-order valence-electron chi connectivity index (χ0n) is 13.4. The summed E-state index contributed by atoms with van der Waals surface area (Å²) in [6.45, 7) is 0. The Kier molecular flexibility index (Phi) is 4.90. The highest BCUT2D eigenvalue weighted by Crippen LogP contribution is 2.30. The van der Waals surface area contributed by atoms with E-state index in [1.165, 1.54) is 18.4 Å². The summed E-state index contributed by atoms with van der Waals surface area (Å²) >= 11 is 1.46. The van der Waals surface area contributed by atoms with Crippen LogP contribution >= 0.6 is 11.3 Å². The fourth-order valence-electron chi connectivity index (χ4n) is 2.40. The minimum Gasteiger partial charge on any atom is -0.481 e. The van der Waals surface area contributed by atoms with Crippen LogP contribution in [0.15, 0.2) is 48.5 Å². The third kappa shape index (κ3) is 3.92. The molecule has 3 rings (SSSR count). The molecule has 0 amide bonds. The second-order valence-corrected chi connectivity index (χ2v) is 6.37. The summed E-state index contributed by atoms with van der Waals surface area (Å²) in [5, 5.41) is 9.90. The Morgan fingerprint density at radius 3 is 2.52 bits per heavy atom. The molecule has 6 heteroatoms. The number of methoxy groups -OCH3 is 1. The molecule has 0 aliphatic rings. The van der Waals surface area contributed by atoms with Crippen molar-refractivity contribution >= 4 is 45.1 Å². The fourth-order valence-corrected chi connectivity index (χ4v) is 3.37. The number of fused-ring (bicyclic) bond motifs is 1. The van der Waals surface area contributed by atoms with Crippen molar-refractivity contribution in [1.82, 2.24) is 4.98 Å². The van der Waals surface area contributed by atoms with E-state index in [9.17, 15) is 14.7 Å². The van der Waals surface area contributed by atoms with Gasteiger partial charge in [0.05, 0.1) is 29.3 Å². The predicted octanol–water partition coefficient (Wildman–Crippen LogP) is 4.10. The van der Waals surface area contributed by atoms with E-state index in [1.54, 1.807) is 30.3 Å². The van der Waals surface area contributed by atoms with Crippen LogP contribution in [-0.2, 0) is 9.53 Å². The Morgan fingerprint density at radius 2 is 1.88 bits per heavy atom. The van der Waals surface area contributed by atoms with Crippen LogP contribution in [0.25, 0.3) is 21.9 Å². The van der Waals surface area contributed by atoms with E-state index >= 15 is 0 Å². The van der Waals surface area contributed by atoms with Crippen molar-refractivity contribution in [3.8, 4) is 0 Å². The molecule has 1 heterocycles. The number of ether oxygens (including phenoxy) is 1. The Bertz CT molecular complexity index is 924. The minimum absolute atomic E-state index is 0.126. The molecule has 0 fully saturated rings. The number of para-hydroxylation sites is 1. The van der Waals surface area contributed by atoms with Crippen molar-refractivity contribution in [3.05, 3.63) is 64.7 Å². The van der Waals surface area contributed by atoms with Crippen LogP contribution in [0.1, 0.15) is 27.3 Å². The number of carboxylic acid groups (broad SMARTS) is 1. The molecule has 3 aromatic rings. The standard InChI is InChI=1S/C19H15NO4S/c1-24-19(23)13-8-6-12(7-9-13)10-14(11-17(21)22)18-20-15-4-2-3-5-16(15)25-18/h2-10H,11H2,1H3,(H,21,22)/b14-10-. The summed E-state index contributed by atoms with van der Waals surface area (Å²) in [6, 6.07) is 14.5. The summed E-state index contributed by atoms with van der Waals surface area (Å²) in [5.74, 6) is -1.33. The Hall–Kier alpha value is -2.99. The molecule has 1 N–H and O–H groups in total. The van der Waals surface area contributed by atoms with E-state index in [0.717, 1.165) is 15.8 Å². The highest BCUT2D eigenvalue weighted by molar-refractivity contribution is 7.19. The molecule has 0 aliphatic carbocycles. The Morgan fingerprint density at radius 1 is 1.16 bits per heavy atom. The Labute approximate surface area is 148 Å². The smallest absolute Gasteiger partial charge is 0.337 e. The van der Waals surface area contributed by atoms with E-state index in [-0.39, 0.29) is 6.42 Å². The number of rotatable bonds is 5. The van der Waals surface area contributed by atoms with Gasteiger partial charge in [0.25, 0.3) is 0 Å². The van der Waals surface area contributed by atoms with Gasteiger partial charge in [-0.05, 0) is 41.5 Å². The van der Waals surface area contributed by atoms with Crippen LogP contribution in [0.2, 0.25) is 0 Å². The van der Waals surface area contributed by atoms with Crippen molar-refractivity contribution in [2.45, 2.75) is 6.42 Å². The van der Waals surface area contributed by atoms with Crippen molar-refractivity contribution in [2.75, 3.05) is 7.11 Å². The lowest BCUT2D eigenvalue weighted by atomic mass is 10.1. The highest BCUT2D eigenvalue weighted by atomic mass is 32.1. The van der Waals surface area contributed by atoms with Gasteiger partial charge in [0.15, 0.2) is 0 Å². The van der Waals surface area contributed by atoms with E-state index < -0.39 is 11.9 Å². The zero-order valence-corrected chi connectivity index (χ0v) is 14.2. The molecule has 0 unspecified atom stereocenters. The SMILES string of the molecule is COC(=O)c1ccc(/C=C(/CC(=O)O)c2nc3ccccc3s2)cc1. The molecule has 0 spiro atoms. The first kappa shape index (κ1) is 16.9. The molecule has 0 aliphatic heterocycles. The number of aromatic nitrogens is 1. The lowest BCUT2D eigenvalue weighted by molar-refractivity contribution is -0.135. The number of carbonyl (C=O) groups excluding carboxylic acids is 1. The van der Waals surface area contributed by atoms with Crippen LogP contribution in [0.5, 0.6) is 0 Å². The van der Waals surface area contributed by atoms with Gasteiger partial charge in [0.2, 0.25) is 0 Å². The second kappa shape index (κ2) is 7.27. The first-order chi connectivity index (χ1) is 12.1. The molecule has 0 radical (unpaired) electrons. The van der Waals surface area contributed by atoms with Crippen LogP contribution in [0.4, 0.5) is 0 Å². The molecule has 0 bridgehead atoms. The summed E-state index contributed by atoms with van der Waals surface area (Å²) in [7, 11) is 1.33. The van der Waals surface area contributed by atoms with Gasteiger partial charge in [-0.15, -0.1) is 11.3 Å².